The number of likely N-dealkylation sites (N-methyl/N-ethyl adjacent to an activating group) is 1. The zero-order valence-corrected chi connectivity index (χ0v) is 4.42. The van der Waals surface area contributed by atoms with Crippen molar-refractivity contribution in [3.8, 4) is 0 Å². The van der Waals surface area contributed by atoms with E-state index in [9.17, 15) is 9.59 Å². The van der Waals surface area contributed by atoms with Gasteiger partial charge in [0.1, 0.15) is 6.54 Å². The lowest BCUT2D eigenvalue weighted by Crippen LogP contribution is -2.19. The summed E-state index contributed by atoms with van der Waals surface area (Å²) in [4.78, 5) is 21.8. The SMILES string of the molecule is CN1CC(=O)[N]C1=O. The van der Waals surface area contributed by atoms with E-state index >= 15 is 0 Å². The summed E-state index contributed by atoms with van der Waals surface area (Å²) in [5.41, 5.74) is 0. The highest BCUT2D eigenvalue weighted by atomic mass is 16.2. The quantitative estimate of drug-likeness (QED) is 0.385. The number of amides is 3. The zero-order valence-electron chi connectivity index (χ0n) is 4.42. The van der Waals surface area contributed by atoms with Crippen LogP contribution in [-0.2, 0) is 4.79 Å². The summed E-state index contributed by atoms with van der Waals surface area (Å²) in [6.45, 7) is 0.138. The predicted octanol–water partition coefficient (Wildman–Crippen LogP) is -0.817. The number of nitrogens with zero attached hydrogens (tertiary/aromatic N) is 2. The molecule has 1 saturated heterocycles. The highest BCUT2D eigenvalue weighted by Crippen LogP contribution is 1.93. The maximum Gasteiger partial charge on any atom is 0.346 e. The number of imide groups is 1. The third-order valence-corrected chi connectivity index (χ3v) is 0.919. The van der Waals surface area contributed by atoms with Crippen LogP contribution in [0.3, 0.4) is 0 Å². The first-order chi connectivity index (χ1) is 3.70. The van der Waals surface area contributed by atoms with Gasteiger partial charge in [-0.15, -0.1) is 0 Å². The van der Waals surface area contributed by atoms with Crippen LogP contribution in [0.5, 0.6) is 0 Å². The molecule has 0 unspecified atom stereocenters. The largest absolute Gasteiger partial charge is 0.346 e. The van der Waals surface area contributed by atoms with Crippen LogP contribution in [0.4, 0.5) is 4.79 Å². The van der Waals surface area contributed by atoms with Gasteiger partial charge in [-0.1, -0.05) is 0 Å². The van der Waals surface area contributed by atoms with Crippen LogP contribution in [0.1, 0.15) is 0 Å². The standard InChI is InChI=1S/C4H5N2O2/c1-6-2-3(7)5-4(6)8/h2H2,1H3. The molecule has 0 N–H and O–H groups in total. The van der Waals surface area contributed by atoms with Gasteiger partial charge < -0.3 is 4.90 Å². The first-order valence-corrected chi connectivity index (χ1v) is 2.20. The number of hydrogen-bond acceptors (Lipinski definition) is 2. The number of carbonyl (C=O) groups excluding carboxylic acids is 2. The van der Waals surface area contributed by atoms with Crippen LogP contribution in [0.25, 0.3) is 0 Å². The van der Waals surface area contributed by atoms with Gasteiger partial charge in [-0.05, 0) is 0 Å². The number of rotatable bonds is 0. The molecular weight excluding hydrogens is 108 g/mol. The minimum Gasteiger partial charge on any atom is -0.316 e. The van der Waals surface area contributed by atoms with E-state index in [0.717, 1.165) is 0 Å². The van der Waals surface area contributed by atoms with Crippen LogP contribution >= 0.6 is 0 Å². The molecule has 43 valence electrons. The third kappa shape index (κ3) is 0.641. The lowest BCUT2D eigenvalue weighted by atomic mass is 10.6. The molecule has 1 radical (unpaired) electrons. The Balaban J connectivity index is 2.64. The predicted molar refractivity (Wildman–Crippen MR) is 25.2 cm³/mol. The fraction of sp³-hybridized carbons (Fsp3) is 0.500. The van der Waals surface area contributed by atoms with Gasteiger partial charge in [0, 0.05) is 7.05 Å². The molecule has 1 aliphatic heterocycles. The third-order valence-electron chi connectivity index (χ3n) is 0.919. The molecule has 0 atom stereocenters. The Hall–Kier alpha value is -1.06. The lowest BCUT2D eigenvalue weighted by molar-refractivity contribution is -0.118. The Bertz CT molecular complexity index is 143. The summed E-state index contributed by atoms with van der Waals surface area (Å²) < 4.78 is 0. The first kappa shape index (κ1) is 5.08. The van der Waals surface area contributed by atoms with Gasteiger partial charge in [-0.3, -0.25) is 4.79 Å². The van der Waals surface area contributed by atoms with Gasteiger partial charge in [0.15, 0.2) is 0 Å². The molecule has 0 aromatic carbocycles. The lowest BCUT2D eigenvalue weighted by Gasteiger charge is -1.98. The molecule has 0 aliphatic carbocycles. The first-order valence-electron chi connectivity index (χ1n) is 2.20. The fourth-order valence-electron chi connectivity index (χ4n) is 0.498. The summed E-state index contributed by atoms with van der Waals surface area (Å²) in [6.07, 6.45) is 0. The van der Waals surface area contributed by atoms with E-state index in [2.05, 4.69) is 5.32 Å². The molecule has 0 spiro atoms. The van der Waals surface area contributed by atoms with E-state index < -0.39 is 6.03 Å². The van der Waals surface area contributed by atoms with Crippen molar-refractivity contribution < 1.29 is 9.59 Å². The van der Waals surface area contributed by atoms with Crippen LogP contribution in [0.15, 0.2) is 0 Å². The summed E-state index contributed by atoms with van der Waals surface area (Å²) in [6, 6.07) is -0.435. The maximum absolute atomic E-state index is 10.3. The van der Waals surface area contributed by atoms with Crippen molar-refractivity contribution in [1.29, 1.82) is 0 Å². The normalized spacial score (nSPS) is 19.4. The molecule has 0 saturated carbocycles. The molecule has 1 rings (SSSR count). The van der Waals surface area contributed by atoms with Crippen LogP contribution in [0, 0.1) is 0 Å². The molecule has 0 aromatic heterocycles. The second-order valence-electron chi connectivity index (χ2n) is 1.64. The molecule has 4 heteroatoms. The van der Waals surface area contributed by atoms with Gasteiger partial charge >= 0.3 is 6.03 Å². The Kier molecular flexibility index (Phi) is 0.932. The van der Waals surface area contributed by atoms with E-state index in [-0.39, 0.29) is 12.5 Å². The summed E-state index contributed by atoms with van der Waals surface area (Å²) >= 11 is 0. The number of urea groups is 1. The molecule has 1 fully saturated rings. The van der Waals surface area contributed by atoms with E-state index in [1.165, 1.54) is 11.9 Å². The molecule has 0 bridgehead atoms. The maximum atomic E-state index is 10.3. The minimum absolute atomic E-state index is 0.138. The molecule has 0 aromatic rings. The molecule has 8 heavy (non-hydrogen) atoms. The second kappa shape index (κ2) is 1.47. The van der Waals surface area contributed by atoms with Gasteiger partial charge in [0.05, 0.1) is 0 Å². The van der Waals surface area contributed by atoms with Crippen LogP contribution in [0.2, 0.25) is 0 Å². The van der Waals surface area contributed by atoms with Gasteiger partial charge in [-0.25, -0.2) is 4.79 Å². The van der Waals surface area contributed by atoms with Crippen molar-refractivity contribution in [1.82, 2.24) is 10.2 Å². The Labute approximate surface area is 46.5 Å². The van der Waals surface area contributed by atoms with Crippen molar-refractivity contribution >= 4 is 11.9 Å². The van der Waals surface area contributed by atoms with Crippen molar-refractivity contribution in [3.63, 3.8) is 0 Å². The molecular formula is C4H5N2O2. The fourth-order valence-corrected chi connectivity index (χ4v) is 0.498. The van der Waals surface area contributed by atoms with Crippen molar-refractivity contribution in [2.75, 3.05) is 13.6 Å². The summed E-state index contributed by atoms with van der Waals surface area (Å²) in [5.74, 6) is -0.350. The van der Waals surface area contributed by atoms with Gasteiger partial charge in [-0.2, -0.15) is 5.32 Å². The molecule has 4 nitrogen and oxygen atoms in total. The van der Waals surface area contributed by atoms with E-state index in [0.29, 0.717) is 0 Å². The highest BCUT2D eigenvalue weighted by Gasteiger charge is 2.24. The monoisotopic (exact) mass is 113 g/mol. The second-order valence-corrected chi connectivity index (χ2v) is 1.64. The number of hydrogen-bond donors (Lipinski definition) is 0. The number of carbonyl (C=O) groups is 2. The Morgan fingerprint density at radius 1 is 1.62 bits per heavy atom. The topological polar surface area (TPSA) is 51.5 Å². The van der Waals surface area contributed by atoms with E-state index in [1.807, 2.05) is 0 Å². The average Bonchev–Trinajstić information content (AvgIpc) is 1.85. The van der Waals surface area contributed by atoms with Crippen molar-refractivity contribution in [2.24, 2.45) is 0 Å². The highest BCUT2D eigenvalue weighted by molar-refractivity contribution is 6.01. The van der Waals surface area contributed by atoms with Crippen molar-refractivity contribution in [3.05, 3.63) is 0 Å². The van der Waals surface area contributed by atoms with E-state index in [4.69, 9.17) is 0 Å². The average molecular weight is 113 g/mol. The Morgan fingerprint density at radius 3 is 2.38 bits per heavy atom. The summed E-state index contributed by atoms with van der Waals surface area (Å²) in [5, 5.41) is 3.12. The Morgan fingerprint density at radius 2 is 2.25 bits per heavy atom. The van der Waals surface area contributed by atoms with Crippen molar-refractivity contribution in [2.45, 2.75) is 0 Å². The van der Waals surface area contributed by atoms with E-state index in [1.54, 1.807) is 0 Å². The minimum atomic E-state index is -0.435. The van der Waals surface area contributed by atoms with Crippen LogP contribution < -0.4 is 5.32 Å². The van der Waals surface area contributed by atoms with Gasteiger partial charge in [0.25, 0.3) is 5.91 Å². The molecule has 1 aliphatic rings. The molecule has 3 amide bonds. The zero-order chi connectivity index (χ0) is 6.15. The van der Waals surface area contributed by atoms with Gasteiger partial charge in [0.2, 0.25) is 0 Å². The molecule has 1 heterocycles. The smallest absolute Gasteiger partial charge is 0.316 e. The summed E-state index contributed by atoms with van der Waals surface area (Å²) in [7, 11) is 1.54. The van der Waals surface area contributed by atoms with Crippen LogP contribution in [-0.4, -0.2) is 30.4 Å².